The van der Waals surface area contributed by atoms with E-state index in [1.54, 1.807) is 17.9 Å². The number of hydrogen-bond acceptors (Lipinski definition) is 4. The summed E-state index contributed by atoms with van der Waals surface area (Å²) in [7, 11) is 1.79. The van der Waals surface area contributed by atoms with Crippen LogP contribution in [0.4, 0.5) is 10.1 Å². The number of carbonyl (C=O) groups excluding carboxylic acids is 1. The molecule has 6 nitrogen and oxygen atoms in total. The predicted octanol–water partition coefficient (Wildman–Crippen LogP) is 3.87. The fourth-order valence-corrected chi connectivity index (χ4v) is 6.25. The van der Waals surface area contributed by atoms with Gasteiger partial charge in [-0.25, -0.2) is 9.37 Å². The Morgan fingerprint density at radius 3 is 2.55 bits per heavy atom. The van der Waals surface area contributed by atoms with E-state index < -0.39 is 11.4 Å². The zero-order chi connectivity index (χ0) is 21.9. The van der Waals surface area contributed by atoms with Gasteiger partial charge in [0.05, 0.1) is 28.7 Å². The SMILES string of the molecule is Cn1cnc(C2CC3CC(O)(C4CC(O)C4)CC3C2)c1C(=O)Nc1ccc(F)c(Cl)c1. The summed E-state index contributed by atoms with van der Waals surface area (Å²) in [6, 6.07) is 4.10. The number of hydrogen-bond donors (Lipinski definition) is 3. The number of rotatable bonds is 4. The molecule has 166 valence electrons. The van der Waals surface area contributed by atoms with Gasteiger partial charge in [-0.3, -0.25) is 4.79 Å². The molecule has 31 heavy (non-hydrogen) atoms. The third kappa shape index (κ3) is 3.66. The first-order valence-electron chi connectivity index (χ1n) is 10.9. The summed E-state index contributed by atoms with van der Waals surface area (Å²) in [5, 5.41) is 23.5. The number of aromatic nitrogens is 2. The van der Waals surface area contributed by atoms with E-state index in [0.29, 0.717) is 36.1 Å². The molecule has 0 aliphatic heterocycles. The normalized spacial score (nSPS) is 34.4. The van der Waals surface area contributed by atoms with Crippen LogP contribution in [0.15, 0.2) is 24.5 Å². The number of fused-ring (bicyclic) bond motifs is 1. The van der Waals surface area contributed by atoms with Crippen LogP contribution >= 0.6 is 11.6 Å². The lowest BCUT2D eigenvalue weighted by Gasteiger charge is -2.42. The Balaban J connectivity index is 1.30. The molecule has 1 amide bonds. The van der Waals surface area contributed by atoms with Crippen LogP contribution in [0.1, 0.15) is 60.6 Å². The lowest BCUT2D eigenvalue weighted by Crippen LogP contribution is -2.46. The maximum absolute atomic E-state index is 13.4. The van der Waals surface area contributed by atoms with Crippen LogP contribution in [-0.4, -0.2) is 37.4 Å². The molecule has 0 bridgehead atoms. The van der Waals surface area contributed by atoms with Gasteiger partial charge in [0.15, 0.2) is 0 Å². The van der Waals surface area contributed by atoms with Gasteiger partial charge in [-0.1, -0.05) is 11.6 Å². The zero-order valence-electron chi connectivity index (χ0n) is 17.4. The Hall–Kier alpha value is -1.96. The molecule has 2 aromatic rings. The van der Waals surface area contributed by atoms with Gasteiger partial charge in [-0.2, -0.15) is 0 Å². The van der Waals surface area contributed by atoms with Gasteiger partial charge in [-0.05, 0) is 74.5 Å². The van der Waals surface area contributed by atoms with Crippen molar-refractivity contribution < 1.29 is 19.4 Å². The standard InChI is InChI=1S/C23H27ClFN3O3/c1-28-11-26-20(21(28)22(30)27-16-2-3-19(25)18(24)8-16)12-4-13-9-23(31,10-14(13)5-12)15-6-17(29)7-15/h2-3,8,11-15,17,29,31H,4-7,9-10H2,1H3,(H,27,30). The smallest absolute Gasteiger partial charge is 0.274 e. The lowest BCUT2D eigenvalue weighted by atomic mass is 9.69. The van der Waals surface area contributed by atoms with Crippen LogP contribution < -0.4 is 5.32 Å². The minimum Gasteiger partial charge on any atom is -0.393 e. The molecule has 3 fully saturated rings. The van der Waals surface area contributed by atoms with Crippen molar-refractivity contribution in [2.45, 2.75) is 56.1 Å². The van der Waals surface area contributed by atoms with E-state index in [4.69, 9.17) is 11.6 Å². The van der Waals surface area contributed by atoms with Crippen LogP contribution in [0.5, 0.6) is 0 Å². The molecule has 3 saturated carbocycles. The minimum atomic E-state index is -0.647. The number of benzene rings is 1. The second-order valence-corrected chi connectivity index (χ2v) is 10.1. The number of aryl methyl sites for hydroxylation is 1. The minimum absolute atomic E-state index is 0.0434. The molecule has 2 atom stereocenters. The van der Waals surface area contributed by atoms with Gasteiger partial charge in [0, 0.05) is 18.7 Å². The van der Waals surface area contributed by atoms with Crippen molar-refractivity contribution in [3.63, 3.8) is 0 Å². The molecule has 1 aromatic heterocycles. The van der Waals surface area contributed by atoms with E-state index in [-0.39, 0.29) is 28.9 Å². The molecule has 0 saturated heterocycles. The van der Waals surface area contributed by atoms with Crippen LogP contribution in [0, 0.1) is 23.6 Å². The Bertz CT molecular complexity index is 1010. The number of anilines is 1. The Morgan fingerprint density at radius 2 is 1.94 bits per heavy atom. The maximum atomic E-state index is 13.4. The topological polar surface area (TPSA) is 87.4 Å². The molecule has 0 radical (unpaired) electrons. The molecule has 3 aliphatic rings. The van der Waals surface area contributed by atoms with E-state index in [1.165, 1.54) is 18.2 Å². The zero-order valence-corrected chi connectivity index (χ0v) is 18.1. The Morgan fingerprint density at radius 1 is 1.26 bits per heavy atom. The Kier molecular flexibility index (Phi) is 5.11. The molecule has 8 heteroatoms. The van der Waals surface area contributed by atoms with Crippen LogP contribution in [-0.2, 0) is 7.05 Å². The van der Waals surface area contributed by atoms with E-state index >= 15 is 0 Å². The maximum Gasteiger partial charge on any atom is 0.274 e. The van der Waals surface area contributed by atoms with E-state index in [9.17, 15) is 19.4 Å². The van der Waals surface area contributed by atoms with E-state index in [0.717, 1.165) is 31.4 Å². The number of aliphatic hydroxyl groups excluding tert-OH is 1. The summed E-state index contributed by atoms with van der Waals surface area (Å²) < 4.78 is 15.1. The number of halogens is 2. The second kappa shape index (κ2) is 7.57. The summed E-state index contributed by atoms with van der Waals surface area (Å²) >= 11 is 5.83. The Labute approximate surface area is 185 Å². The highest BCUT2D eigenvalue weighted by molar-refractivity contribution is 6.31. The predicted molar refractivity (Wildman–Crippen MR) is 114 cm³/mol. The quantitative estimate of drug-likeness (QED) is 0.664. The van der Waals surface area contributed by atoms with E-state index in [2.05, 4.69) is 10.3 Å². The van der Waals surface area contributed by atoms with Crippen LogP contribution in [0.25, 0.3) is 0 Å². The highest BCUT2D eigenvalue weighted by Crippen LogP contribution is 2.58. The molecular formula is C23H27ClFN3O3. The van der Waals surface area contributed by atoms with Crippen molar-refractivity contribution in [2.75, 3.05) is 5.32 Å². The van der Waals surface area contributed by atoms with Gasteiger partial charge in [0.25, 0.3) is 5.91 Å². The largest absolute Gasteiger partial charge is 0.393 e. The van der Waals surface area contributed by atoms with Gasteiger partial charge < -0.3 is 20.1 Å². The van der Waals surface area contributed by atoms with Gasteiger partial charge >= 0.3 is 0 Å². The molecule has 2 unspecified atom stereocenters. The number of carbonyl (C=O) groups is 1. The van der Waals surface area contributed by atoms with Gasteiger partial charge in [0.1, 0.15) is 11.5 Å². The van der Waals surface area contributed by atoms with Crippen molar-refractivity contribution in [2.24, 2.45) is 24.8 Å². The average molecular weight is 448 g/mol. The third-order valence-corrected chi connectivity index (χ3v) is 7.98. The van der Waals surface area contributed by atoms with Crippen molar-refractivity contribution in [3.8, 4) is 0 Å². The molecule has 3 N–H and O–H groups in total. The second-order valence-electron chi connectivity index (χ2n) is 9.69. The van der Waals surface area contributed by atoms with E-state index in [1.807, 2.05) is 0 Å². The number of imidazole rings is 1. The van der Waals surface area contributed by atoms with Gasteiger partial charge in [0.2, 0.25) is 0 Å². The summed E-state index contributed by atoms with van der Waals surface area (Å²) in [4.78, 5) is 17.6. The summed E-state index contributed by atoms with van der Waals surface area (Å²) in [5.74, 6) is 0.392. The van der Waals surface area contributed by atoms with Crippen molar-refractivity contribution in [1.29, 1.82) is 0 Å². The molecule has 3 aliphatic carbocycles. The fraction of sp³-hybridized carbons (Fsp3) is 0.565. The number of aliphatic hydroxyl groups is 2. The first-order valence-corrected chi connectivity index (χ1v) is 11.3. The van der Waals surface area contributed by atoms with Gasteiger partial charge in [-0.15, -0.1) is 0 Å². The van der Waals surface area contributed by atoms with Crippen molar-refractivity contribution >= 4 is 23.2 Å². The molecule has 1 heterocycles. The summed E-state index contributed by atoms with van der Waals surface area (Å²) in [6.07, 6.45) is 6.16. The third-order valence-electron chi connectivity index (χ3n) is 7.69. The van der Waals surface area contributed by atoms with Crippen molar-refractivity contribution in [3.05, 3.63) is 46.8 Å². The monoisotopic (exact) mass is 447 g/mol. The summed E-state index contributed by atoms with van der Waals surface area (Å²) in [6.45, 7) is 0. The highest BCUT2D eigenvalue weighted by Gasteiger charge is 2.55. The number of nitrogens with zero attached hydrogens (tertiary/aromatic N) is 2. The number of amides is 1. The first-order chi connectivity index (χ1) is 14.7. The fourth-order valence-electron chi connectivity index (χ4n) is 6.07. The summed E-state index contributed by atoms with van der Waals surface area (Å²) in [5.41, 5.74) is 1.07. The molecule has 0 spiro atoms. The highest BCUT2D eigenvalue weighted by atomic mass is 35.5. The number of nitrogens with one attached hydrogen (secondary N) is 1. The molecule has 1 aromatic carbocycles. The van der Waals surface area contributed by atoms with Crippen LogP contribution in [0.2, 0.25) is 5.02 Å². The molecule has 5 rings (SSSR count). The van der Waals surface area contributed by atoms with Crippen LogP contribution in [0.3, 0.4) is 0 Å². The lowest BCUT2D eigenvalue weighted by molar-refractivity contribution is -0.0978. The average Bonchev–Trinajstić information content (AvgIpc) is 3.33. The molecular weight excluding hydrogens is 421 g/mol. The first kappa shape index (κ1) is 20.9. The van der Waals surface area contributed by atoms with Crippen molar-refractivity contribution in [1.82, 2.24) is 9.55 Å².